The molecule has 0 spiro atoms. The van der Waals surface area contributed by atoms with Gasteiger partial charge in [-0.25, -0.2) is 4.79 Å². The van der Waals surface area contributed by atoms with Crippen molar-refractivity contribution in [1.29, 1.82) is 0 Å². The number of carbonyl (C=O) groups is 2. The van der Waals surface area contributed by atoms with Crippen molar-refractivity contribution >= 4 is 11.8 Å². The van der Waals surface area contributed by atoms with Crippen LogP contribution in [-0.2, 0) is 42.7 Å². The van der Waals surface area contributed by atoms with Gasteiger partial charge in [0, 0.05) is 38.2 Å². The van der Waals surface area contributed by atoms with Gasteiger partial charge in [-0.05, 0) is 59.2 Å². The highest BCUT2D eigenvalue weighted by Crippen LogP contribution is 2.32. The van der Waals surface area contributed by atoms with E-state index in [9.17, 15) is 19.8 Å². The summed E-state index contributed by atoms with van der Waals surface area (Å²) in [6, 6.07) is -0.146. The van der Waals surface area contributed by atoms with Crippen molar-refractivity contribution in [2.45, 2.75) is 134 Å². The molecule has 274 valence electrons. The average Bonchev–Trinajstić information content (AvgIpc) is 3.04. The van der Waals surface area contributed by atoms with Crippen molar-refractivity contribution < 1.29 is 53.0 Å². The summed E-state index contributed by atoms with van der Waals surface area (Å²) in [5, 5.41) is 21.8. The van der Waals surface area contributed by atoms with Gasteiger partial charge in [0.2, 0.25) is 0 Å². The molecule has 0 aromatic heterocycles. The average molecular weight is 682 g/mol. The van der Waals surface area contributed by atoms with Crippen LogP contribution in [0.4, 0.5) is 0 Å². The summed E-state index contributed by atoms with van der Waals surface area (Å²) >= 11 is 0. The summed E-state index contributed by atoms with van der Waals surface area (Å²) in [7, 11) is 6.80. The minimum Gasteiger partial charge on any atom is -0.456 e. The number of ketones is 1. The number of hydrogen-bond donors (Lipinski definition) is 2. The topological polar surface area (TPSA) is 142 Å². The van der Waals surface area contributed by atoms with Gasteiger partial charge in [0.25, 0.3) is 0 Å². The first kappa shape index (κ1) is 40.4. The Morgan fingerprint density at radius 3 is 2.15 bits per heavy atom. The summed E-state index contributed by atoms with van der Waals surface area (Å²) in [5.41, 5.74) is 0. The van der Waals surface area contributed by atoms with Crippen LogP contribution >= 0.6 is 0 Å². The number of esters is 1. The van der Waals surface area contributed by atoms with E-state index in [0.717, 1.165) is 0 Å². The molecule has 0 aliphatic carbocycles. The van der Waals surface area contributed by atoms with E-state index >= 15 is 0 Å². The van der Waals surface area contributed by atoms with Gasteiger partial charge in [-0.2, -0.15) is 0 Å². The molecule has 0 aromatic rings. The second kappa shape index (κ2) is 18.8. The van der Waals surface area contributed by atoms with Crippen LogP contribution in [0.5, 0.6) is 0 Å². The Kier molecular flexibility index (Phi) is 15.9. The van der Waals surface area contributed by atoms with Crippen molar-refractivity contribution in [3.05, 3.63) is 36.5 Å². The molecule has 12 heteroatoms. The first-order chi connectivity index (χ1) is 22.7. The number of aliphatic hydroxyl groups is 2. The fraction of sp³-hybridized carbons (Fsp3) is 0.778. The van der Waals surface area contributed by atoms with Gasteiger partial charge < -0.3 is 48.3 Å². The predicted molar refractivity (Wildman–Crippen MR) is 179 cm³/mol. The molecule has 0 unspecified atom stereocenters. The second-order valence-electron chi connectivity index (χ2n) is 13.7. The molecule has 0 radical (unpaired) electrons. The van der Waals surface area contributed by atoms with Crippen LogP contribution in [0.1, 0.15) is 60.8 Å². The SMILES string of the molecule is CC[C@H]1OC(=O)/C=C/[C@H](C)[C@@H](O[C@@H]2O[C@H](C)C[C@H](N(C)C)[C@H]2O)[C@@H](C)C[C@@H](C)C(=O)/C=C/C=C/[C@@H]1O[C@@H]1O[C@H](C)[C@@H](O)[C@@H](OC)[C@H]1OC. The Labute approximate surface area is 286 Å². The van der Waals surface area contributed by atoms with E-state index in [-0.39, 0.29) is 35.7 Å². The van der Waals surface area contributed by atoms with E-state index in [1.807, 2.05) is 53.6 Å². The van der Waals surface area contributed by atoms with Gasteiger partial charge in [-0.1, -0.05) is 52.0 Å². The highest BCUT2D eigenvalue weighted by atomic mass is 16.7. The van der Waals surface area contributed by atoms with E-state index < -0.39 is 67.4 Å². The van der Waals surface area contributed by atoms with E-state index in [2.05, 4.69) is 0 Å². The number of carbonyl (C=O) groups excluding carboxylic acids is 2. The normalized spacial score (nSPS) is 44.2. The van der Waals surface area contributed by atoms with Crippen molar-refractivity contribution in [3.63, 3.8) is 0 Å². The highest BCUT2D eigenvalue weighted by Gasteiger charge is 2.46. The fourth-order valence-electron chi connectivity index (χ4n) is 6.82. The van der Waals surface area contributed by atoms with Crippen LogP contribution in [0.2, 0.25) is 0 Å². The number of ether oxygens (including phenoxy) is 7. The maximum absolute atomic E-state index is 13.3. The molecule has 12 nitrogen and oxygen atoms in total. The first-order valence-corrected chi connectivity index (χ1v) is 17.2. The first-order valence-electron chi connectivity index (χ1n) is 17.2. The zero-order valence-corrected chi connectivity index (χ0v) is 30.3. The molecule has 3 rings (SSSR count). The summed E-state index contributed by atoms with van der Waals surface area (Å²) in [6.07, 6.45) is 3.45. The lowest BCUT2D eigenvalue weighted by Gasteiger charge is -2.43. The fourth-order valence-corrected chi connectivity index (χ4v) is 6.82. The molecule has 0 bridgehead atoms. The zero-order valence-electron chi connectivity index (χ0n) is 30.3. The monoisotopic (exact) mass is 681 g/mol. The van der Waals surface area contributed by atoms with Crippen molar-refractivity contribution in [1.82, 2.24) is 4.90 Å². The number of methoxy groups -OCH3 is 2. The Bertz CT molecular complexity index is 1110. The molecule has 3 aliphatic rings. The lowest BCUT2D eigenvalue weighted by molar-refractivity contribution is -0.313. The van der Waals surface area contributed by atoms with E-state index in [1.54, 1.807) is 31.2 Å². The van der Waals surface area contributed by atoms with Gasteiger partial charge in [0.05, 0.1) is 18.3 Å². The lowest BCUT2D eigenvalue weighted by atomic mass is 9.84. The molecule has 2 saturated heterocycles. The number of cyclic esters (lactones) is 1. The number of allylic oxidation sites excluding steroid dienone is 3. The van der Waals surface area contributed by atoms with Gasteiger partial charge in [0.15, 0.2) is 18.4 Å². The minimum atomic E-state index is -0.945. The van der Waals surface area contributed by atoms with Crippen molar-refractivity contribution in [2.75, 3.05) is 28.3 Å². The van der Waals surface area contributed by atoms with Crippen LogP contribution in [0.25, 0.3) is 0 Å². The van der Waals surface area contributed by atoms with Crippen LogP contribution < -0.4 is 0 Å². The number of nitrogens with zero attached hydrogens (tertiary/aromatic N) is 1. The number of aliphatic hydroxyl groups excluding tert-OH is 2. The number of rotatable bonds is 8. The quantitative estimate of drug-likeness (QED) is 0.364. The zero-order chi connectivity index (χ0) is 35.7. The molecular formula is C36H59NO11. The molecule has 0 saturated carbocycles. The van der Waals surface area contributed by atoms with Crippen LogP contribution in [0.3, 0.4) is 0 Å². The maximum Gasteiger partial charge on any atom is 0.330 e. The Morgan fingerprint density at radius 2 is 1.52 bits per heavy atom. The molecule has 48 heavy (non-hydrogen) atoms. The Morgan fingerprint density at radius 1 is 0.833 bits per heavy atom. The molecular weight excluding hydrogens is 622 g/mol. The summed E-state index contributed by atoms with van der Waals surface area (Å²) in [6.45, 7) is 11.4. The predicted octanol–water partition coefficient (Wildman–Crippen LogP) is 3.19. The standard InChI is InChI=1S/C36H59NO11/c1-11-27-28(47-36-34(43-10)33(42-9)30(40)24(6)45-36)15-13-12-14-26(38)21(3)18-22(4)32(20(2)16-17-29(39)46-27)48-35-31(41)25(37(7)8)19-23(5)44-35/h12-17,20-25,27-28,30-36,40-41H,11,18-19H2,1-10H3/b14-12+,15-13+,17-16+/t20-,21+,22-,23+,24+,25-,27+,28-,30+,31+,32+,33+,34+,35-,36-/m0/s1. The third kappa shape index (κ3) is 10.5. The second-order valence-corrected chi connectivity index (χ2v) is 13.7. The minimum absolute atomic E-state index is 0.0486. The van der Waals surface area contributed by atoms with E-state index in [4.69, 9.17) is 33.2 Å². The van der Waals surface area contributed by atoms with Gasteiger partial charge >= 0.3 is 5.97 Å². The van der Waals surface area contributed by atoms with Gasteiger partial charge in [-0.15, -0.1) is 0 Å². The third-order valence-electron chi connectivity index (χ3n) is 9.70. The molecule has 2 fully saturated rings. The molecule has 3 aliphatic heterocycles. The summed E-state index contributed by atoms with van der Waals surface area (Å²) < 4.78 is 42.0. The third-order valence-corrected chi connectivity index (χ3v) is 9.70. The largest absolute Gasteiger partial charge is 0.456 e. The van der Waals surface area contributed by atoms with Gasteiger partial charge in [0.1, 0.15) is 36.6 Å². The van der Waals surface area contributed by atoms with Crippen molar-refractivity contribution in [2.24, 2.45) is 17.8 Å². The Hall–Kier alpha value is -2.00. The van der Waals surface area contributed by atoms with Crippen molar-refractivity contribution in [3.8, 4) is 0 Å². The molecule has 2 N–H and O–H groups in total. The Balaban J connectivity index is 1.90. The van der Waals surface area contributed by atoms with Crippen LogP contribution in [0.15, 0.2) is 36.5 Å². The highest BCUT2D eigenvalue weighted by molar-refractivity contribution is 5.91. The van der Waals surface area contributed by atoms with E-state index in [1.165, 1.54) is 26.4 Å². The summed E-state index contributed by atoms with van der Waals surface area (Å²) in [5.74, 6) is -1.34. The smallest absolute Gasteiger partial charge is 0.330 e. The van der Waals surface area contributed by atoms with E-state index in [0.29, 0.717) is 19.3 Å². The number of hydrogen-bond acceptors (Lipinski definition) is 12. The summed E-state index contributed by atoms with van der Waals surface area (Å²) in [4.78, 5) is 28.4. The van der Waals surface area contributed by atoms with Crippen LogP contribution in [0, 0.1) is 17.8 Å². The van der Waals surface area contributed by atoms with Gasteiger partial charge in [-0.3, -0.25) is 4.79 Å². The molecule has 0 amide bonds. The maximum atomic E-state index is 13.3. The molecule has 3 heterocycles. The molecule has 15 atom stereocenters. The van der Waals surface area contributed by atoms with Crippen LogP contribution in [-0.4, -0.2) is 129 Å². The lowest BCUT2D eigenvalue weighted by Crippen LogP contribution is -2.59. The number of likely N-dealkylation sites (N-methyl/N-ethyl adjacent to an activating group) is 1. The molecule has 0 aromatic carbocycles.